The number of alkyl halides is 2. The summed E-state index contributed by atoms with van der Waals surface area (Å²) in [6.07, 6.45) is 0.172. The van der Waals surface area contributed by atoms with Gasteiger partial charge in [-0.3, -0.25) is 0 Å². The highest BCUT2D eigenvalue weighted by Gasteiger charge is 2.30. The molecular weight excluding hydrogens is 252 g/mol. The monoisotopic (exact) mass is 263 g/mol. The summed E-state index contributed by atoms with van der Waals surface area (Å²) < 4.78 is 26.4. The SMILES string of the molecule is CC(F)(F)C(N)Cc1ccccc1Br. The first-order valence-electron chi connectivity index (χ1n) is 4.28. The summed E-state index contributed by atoms with van der Waals surface area (Å²) in [6, 6.07) is 6.11. The van der Waals surface area contributed by atoms with Crippen molar-refractivity contribution in [1.29, 1.82) is 0 Å². The van der Waals surface area contributed by atoms with Gasteiger partial charge in [-0.05, 0) is 18.1 Å². The van der Waals surface area contributed by atoms with Gasteiger partial charge < -0.3 is 5.73 Å². The van der Waals surface area contributed by atoms with Crippen LogP contribution in [0.2, 0.25) is 0 Å². The third-order valence-electron chi connectivity index (χ3n) is 2.05. The molecule has 14 heavy (non-hydrogen) atoms. The van der Waals surface area contributed by atoms with Crippen LogP contribution in [-0.2, 0) is 6.42 Å². The van der Waals surface area contributed by atoms with Gasteiger partial charge in [-0.2, -0.15) is 0 Å². The van der Waals surface area contributed by atoms with Crippen molar-refractivity contribution in [3.05, 3.63) is 34.3 Å². The fourth-order valence-electron chi connectivity index (χ4n) is 1.08. The van der Waals surface area contributed by atoms with Crippen molar-refractivity contribution in [2.45, 2.75) is 25.3 Å². The van der Waals surface area contributed by atoms with Gasteiger partial charge in [-0.25, -0.2) is 8.78 Å². The Kier molecular flexibility index (Phi) is 3.61. The van der Waals surface area contributed by atoms with Crippen molar-refractivity contribution in [3.8, 4) is 0 Å². The lowest BCUT2D eigenvalue weighted by atomic mass is 10.0. The Morgan fingerprint density at radius 3 is 2.50 bits per heavy atom. The highest BCUT2D eigenvalue weighted by atomic mass is 79.9. The average molecular weight is 264 g/mol. The van der Waals surface area contributed by atoms with E-state index in [0.717, 1.165) is 17.0 Å². The number of hydrogen-bond donors (Lipinski definition) is 1. The molecule has 1 rings (SSSR count). The van der Waals surface area contributed by atoms with Gasteiger partial charge in [0.05, 0.1) is 6.04 Å². The van der Waals surface area contributed by atoms with Gasteiger partial charge in [0.25, 0.3) is 5.92 Å². The quantitative estimate of drug-likeness (QED) is 0.892. The lowest BCUT2D eigenvalue weighted by Crippen LogP contribution is -2.40. The lowest BCUT2D eigenvalue weighted by molar-refractivity contribution is -0.00517. The molecule has 1 unspecified atom stereocenters. The number of nitrogens with two attached hydrogens (primary N) is 1. The largest absolute Gasteiger partial charge is 0.322 e. The molecule has 0 aliphatic carbocycles. The second kappa shape index (κ2) is 4.36. The molecule has 0 saturated heterocycles. The van der Waals surface area contributed by atoms with Crippen molar-refractivity contribution >= 4 is 15.9 Å². The molecule has 0 amide bonds. The van der Waals surface area contributed by atoms with Gasteiger partial charge in [0.1, 0.15) is 0 Å². The maximum absolute atomic E-state index is 12.8. The minimum absolute atomic E-state index is 0.172. The Hall–Kier alpha value is -0.480. The Morgan fingerprint density at radius 1 is 1.43 bits per heavy atom. The summed E-state index contributed by atoms with van der Waals surface area (Å²) in [7, 11) is 0. The molecule has 0 radical (unpaired) electrons. The zero-order chi connectivity index (χ0) is 10.8. The van der Waals surface area contributed by atoms with E-state index in [9.17, 15) is 8.78 Å². The smallest absolute Gasteiger partial charge is 0.260 e. The minimum Gasteiger partial charge on any atom is -0.322 e. The van der Waals surface area contributed by atoms with E-state index in [2.05, 4.69) is 15.9 Å². The minimum atomic E-state index is -2.84. The Labute approximate surface area is 90.4 Å². The van der Waals surface area contributed by atoms with Crippen molar-refractivity contribution in [2.24, 2.45) is 5.73 Å². The molecule has 0 aliphatic rings. The number of hydrogen-bond acceptors (Lipinski definition) is 1. The summed E-state index contributed by atoms with van der Waals surface area (Å²) in [4.78, 5) is 0. The van der Waals surface area contributed by atoms with E-state index in [1.165, 1.54) is 0 Å². The van der Waals surface area contributed by atoms with E-state index >= 15 is 0 Å². The van der Waals surface area contributed by atoms with E-state index in [4.69, 9.17) is 5.73 Å². The first kappa shape index (κ1) is 11.6. The lowest BCUT2D eigenvalue weighted by Gasteiger charge is -2.19. The molecule has 1 nitrogen and oxygen atoms in total. The first-order valence-corrected chi connectivity index (χ1v) is 5.07. The number of rotatable bonds is 3. The highest BCUT2D eigenvalue weighted by molar-refractivity contribution is 9.10. The van der Waals surface area contributed by atoms with E-state index in [1.54, 1.807) is 12.1 Å². The molecule has 0 spiro atoms. The molecular formula is C10H12BrF2N. The summed E-state index contributed by atoms with van der Waals surface area (Å²) in [6.45, 7) is 0.842. The van der Waals surface area contributed by atoms with Gasteiger partial charge in [-0.15, -0.1) is 0 Å². The number of halogens is 3. The van der Waals surface area contributed by atoms with Crippen LogP contribution in [0.1, 0.15) is 12.5 Å². The summed E-state index contributed by atoms with van der Waals surface area (Å²) in [5.74, 6) is -2.84. The Morgan fingerprint density at radius 2 is 2.00 bits per heavy atom. The molecule has 4 heteroatoms. The molecule has 2 N–H and O–H groups in total. The molecule has 0 aromatic heterocycles. The van der Waals surface area contributed by atoms with Crippen LogP contribution >= 0.6 is 15.9 Å². The maximum Gasteiger partial charge on any atom is 0.260 e. The summed E-state index contributed by atoms with van der Waals surface area (Å²) >= 11 is 3.29. The van der Waals surface area contributed by atoms with E-state index in [1.807, 2.05) is 12.1 Å². The van der Waals surface area contributed by atoms with Gasteiger partial charge in [0.2, 0.25) is 0 Å². The fraction of sp³-hybridized carbons (Fsp3) is 0.400. The normalized spacial score (nSPS) is 14.1. The molecule has 1 aromatic carbocycles. The molecule has 0 saturated carbocycles. The molecule has 0 fully saturated rings. The standard InChI is InChI=1S/C10H12BrF2N/c1-10(12,13)9(14)6-7-4-2-3-5-8(7)11/h2-5,9H,6,14H2,1H3. The van der Waals surface area contributed by atoms with Crippen LogP contribution in [0.5, 0.6) is 0 Å². The topological polar surface area (TPSA) is 26.0 Å². The van der Waals surface area contributed by atoms with E-state index < -0.39 is 12.0 Å². The van der Waals surface area contributed by atoms with Gasteiger partial charge in [-0.1, -0.05) is 34.1 Å². The van der Waals surface area contributed by atoms with Gasteiger partial charge in [0, 0.05) is 11.4 Å². The van der Waals surface area contributed by atoms with Crippen LogP contribution in [-0.4, -0.2) is 12.0 Å². The predicted octanol–water partition coefficient (Wildman–Crippen LogP) is 2.97. The van der Waals surface area contributed by atoms with Gasteiger partial charge >= 0.3 is 0 Å². The van der Waals surface area contributed by atoms with Gasteiger partial charge in [0.15, 0.2) is 0 Å². The van der Waals surface area contributed by atoms with Crippen LogP contribution in [0.3, 0.4) is 0 Å². The summed E-state index contributed by atoms with van der Waals surface area (Å²) in [5.41, 5.74) is 6.19. The first-order chi connectivity index (χ1) is 6.41. The van der Waals surface area contributed by atoms with Crippen molar-refractivity contribution in [3.63, 3.8) is 0 Å². The van der Waals surface area contributed by atoms with Crippen LogP contribution in [0, 0.1) is 0 Å². The molecule has 1 atom stereocenters. The molecule has 1 aromatic rings. The summed E-state index contributed by atoms with van der Waals surface area (Å²) in [5, 5.41) is 0. The zero-order valence-corrected chi connectivity index (χ0v) is 9.39. The molecule has 0 heterocycles. The molecule has 78 valence electrons. The van der Waals surface area contributed by atoms with Crippen molar-refractivity contribution in [2.75, 3.05) is 0 Å². The number of benzene rings is 1. The third-order valence-corrected chi connectivity index (χ3v) is 2.82. The van der Waals surface area contributed by atoms with Crippen LogP contribution in [0.25, 0.3) is 0 Å². The van der Waals surface area contributed by atoms with Crippen molar-refractivity contribution in [1.82, 2.24) is 0 Å². The van der Waals surface area contributed by atoms with Crippen LogP contribution < -0.4 is 5.73 Å². The maximum atomic E-state index is 12.8. The van der Waals surface area contributed by atoms with Crippen molar-refractivity contribution < 1.29 is 8.78 Å². The van der Waals surface area contributed by atoms with E-state index in [0.29, 0.717) is 0 Å². The molecule has 0 bridgehead atoms. The second-order valence-corrected chi connectivity index (χ2v) is 4.21. The second-order valence-electron chi connectivity index (χ2n) is 3.36. The third kappa shape index (κ3) is 3.03. The molecule has 0 aliphatic heterocycles. The Balaban J connectivity index is 2.75. The van der Waals surface area contributed by atoms with E-state index in [-0.39, 0.29) is 6.42 Å². The average Bonchev–Trinajstić information content (AvgIpc) is 2.07. The Bertz CT molecular complexity index is 309. The van der Waals surface area contributed by atoms with Crippen LogP contribution in [0.4, 0.5) is 8.78 Å². The van der Waals surface area contributed by atoms with Crippen LogP contribution in [0.15, 0.2) is 28.7 Å². The fourth-order valence-corrected chi connectivity index (χ4v) is 1.53. The highest BCUT2D eigenvalue weighted by Crippen LogP contribution is 2.23. The predicted molar refractivity (Wildman–Crippen MR) is 56.4 cm³/mol. The zero-order valence-electron chi connectivity index (χ0n) is 7.81.